The summed E-state index contributed by atoms with van der Waals surface area (Å²) in [5.41, 5.74) is 5.94. The third kappa shape index (κ3) is 3.99. The molecule has 0 aliphatic rings. The van der Waals surface area contributed by atoms with Crippen molar-refractivity contribution in [2.75, 3.05) is 4.90 Å². The van der Waals surface area contributed by atoms with E-state index in [2.05, 4.69) is 131 Å². The van der Waals surface area contributed by atoms with Crippen LogP contribution in [0.2, 0.25) is 0 Å². The van der Waals surface area contributed by atoms with Gasteiger partial charge in [-0.2, -0.15) is 0 Å². The SMILES string of the molecule is Cc1cc2ccc(N(c3ccc(-c4ccccc4)cc3)c3ccc4cc(Br)sc4c3)cc2s1. The minimum absolute atomic E-state index is 1.15. The Morgan fingerprint density at radius 2 is 1.15 bits per heavy atom. The molecule has 0 spiro atoms. The Morgan fingerprint density at radius 3 is 1.85 bits per heavy atom. The van der Waals surface area contributed by atoms with Gasteiger partial charge >= 0.3 is 0 Å². The Labute approximate surface area is 209 Å². The molecule has 4 aromatic carbocycles. The zero-order valence-corrected chi connectivity index (χ0v) is 21.2. The summed E-state index contributed by atoms with van der Waals surface area (Å²) in [5.74, 6) is 0. The molecule has 0 fully saturated rings. The number of hydrogen-bond donors (Lipinski definition) is 0. The molecule has 6 aromatic rings. The second-order valence-electron chi connectivity index (χ2n) is 8.10. The average Bonchev–Trinajstić information content (AvgIpc) is 3.40. The zero-order valence-electron chi connectivity index (χ0n) is 18.0. The molecule has 2 aromatic heterocycles. The van der Waals surface area contributed by atoms with Gasteiger partial charge in [0.2, 0.25) is 0 Å². The van der Waals surface area contributed by atoms with Gasteiger partial charge in [-0.3, -0.25) is 0 Å². The molecule has 4 heteroatoms. The molecule has 0 saturated carbocycles. The van der Waals surface area contributed by atoms with E-state index >= 15 is 0 Å². The Bertz CT molecular complexity index is 1500. The highest BCUT2D eigenvalue weighted by Gasteiger charge is 2.15. The maximum Gasteiger partial charge on any atom is 0.0711 e. The van der Waals surface area contributed by atoms with Gasteiger partial charge in [-0.1, -0.05) is 54.6 Å². The number of anilines is 3. The summed E-state index contributed by atoms with van der Waals surface area (Å²) < 4.78 is 3.75. The summed E-state index contributed by atoms with van der Waals surface area (Å²) in [7, 11) is 0. The molecule has 6 rings (SSSR count). The van der Waals surface area contributed by atoms with Crippen LogP contribution in [0.1, 0.15) is 4.88 Å². The first-order chi connectivity index (χ1) is 16.1. The molecule has 0 aliphatic heterocycles. The molecule has 2 heterocycles. The Kier molecular flexibility index (Phi) is 5.30. The predicted octanol–water partition coefficient (Wildman–Crippen LogP) is 10.3. The standard InChI is InChI=1S/C29H20BrNS2/c1-19-15-22-9-13-25(17-27(22)32-19)31(26-14-10-23-16-29(30)33-28(23)18-26)24-11-7-21(8-12-24)20-5-3-2-4-6-20/h2-18H,1H3. The molecular formula is C29H20BrNS2. The van der Waals surface area contributed by atoms with Gasteiger partial charge in [-0.25, -0.2) is 0 Å². The lowest BCUT2D eigenvalue weighted by atomic mass is 10.0. The van der Waals surface area contributed by atoms with Gasteiger partial charge in [0, 0.05) is 31.3 Å². The topological polar surface area (TPSA) is 3.24 Å². The van der Waals surface area contributed by atoms with E-state index in [0.717, 1.165) is 15.2 Å². The van der Waals surface area contributed by atoms with Crippen LogP contribution in [0.5, 0.6) is 0 Å². The average molecular weight is 527 g/mol. The van der Waals surface area contributed by atoms with Crippen molar-refractivity contribution in [2.24, 2.45) is 0 Å². The van der Waals surface area contributed by atoms with Crippen LogP contribution in [0, 0.1) is 6.92 Å². The van der Waals surface area contributed by atoms with Crippen LogP contribution >= 0.6 is 38.6 Å². The monoisotopic (exact) mass is 525 g/mol. The van der Waals surface area contributed by atoms with E-state index in [9.17, 15) is 0 Å². The minimum Gasteiger partial charge on any atom is -0.310 e. The molecule has 1 nitrogen and oxygen atoms in total. The number of halogens is 1. The number of nitrogens with zero attached hydrogens (tertiary/aromatic N) is 1. The van der Waals surface area contributed by atoms with Gasteiger partial charge in [0.1, 0.15) is 0 Å². The number of aryl methyl sites for hydroxylation is 1. The lowest BCUT2D eigenvalue weighted by Gasteiger charge is -2.26. The number of benzene rings is 4. The molecular weight excluding hydrogens is 506 g/mol. The highest BCUT2D eigenvalue weighted by molar-refractivity contribution is 9.11. The molecule has 160 valence electrons. The van der Waals surface area contributed by atoms with Crippen LogP contribution in [0.3, 0.4) is 0 Å². The highest BCUT2D eigenvalue weighted by atomic mass is 79.9. The summed E-state index contributed by atoms with van der Waals surface area (Å²) in [4.78, 5) is 3.70. The zero-order chi connectivity index (χ0) is 22.4. The van der Waals surface area contributed by atoms with E-state index in [0.29, 0.717) is 0 Å². The lowest BCUT2D eigenvalue weighted by molar-refractivity contribution is 1.30. The van der Waals surface area contributed by atoms with E-state index < -0.39 is 0 Å². The number of thiophene rings is 2. The first kappa shape index (κ1) is 20.7. The van der Waals surface area contributed by atoms with Gasteiger partial charge < -0.3 is 4.90 Å². The van der Waals surface area contributed by atoms with E-state index in [1.54, 1.807) is 11.3 Å². The van der Waals surface area contributed by atoms with E-state index in [-0.39, 0.29) is 0 Å². The second kappa shape index (κ2) is 8.45. The first-order valence-electron chi connectivity index (χ1n) is 10.8. The van der Waals surface area contributed by atoms with Gasteiger partial charge in [-0.05, 0) is 93.3 Å². The largest absolute Gasteiger partial charge is 0.310 e. The fraction of sp³-hybridized carbons (Fsp3) is 0.0345. The molecule has 0 N–H and O–H groups in total. The third-order valence-electron chi connectivity index (χ3n) is 5.85. The van der Waals surface area contributed by atoms with Crippen LogP contribution in [-0.4, -0.2) is 0 Å². The molecule has 0 unspecified atom stereocenters. The van der Waals surface area contributed by atoms with Crippen LogP contribution < -0.4 is 4.90 Å². The van der Waals surface area contributed by atoms with E-state index in [4.69, 9.17) is 0 Å². The fourth-order valence-electron chi connectivity index (χ4n) is 4.30. The van der Waals surface area contributed by atoms with Crippen molar-refractivity contribution >= 4 is 75.8 Å². The molecule has 0 atom stereocenters. The van der Waals surface area contributed by atoms with Gasteiger partial charge in [0.05, 0.1) is 3.79 Å². The van der Waals surface area contributed by atoms with Crippen molar-refractivity contribution < 1.29 is 0 Å². The Balaban J connectivity index is 1.50. The Morgan fingerprint density at radius 1 is 0.576 bits per heavy atom. The number of hydrogen-bond acceptors (Lipinski definition) is 3. The normalized spacial score (nSPS) is 11.3. The molecule has 0 bridgehead atoms. The third-order valence-corrected chi connectivity index (χ3v) is 8.46. The van der Waals surface area contributed by atoms with Gasteiger partial charge in [0.15, 0.2) is 0 Å². The molecule has 33 heavy (non-hydrogen) atoms. The maximum absolute atomic E-state index is 3.64. The van der Waals surface area contributed by atoms with Crippen molar-refractivity contribution in [2.45, 2.75) is 6.92 Å². The first-order valence-corrected chi connectivity index (χ1v) is 13.2. The lowest BCUT2D eigenvalue weighted by Crippen LogP contribution is -2.09. The summed E-state index contributed by atoms with van der Waals surface area (Å²) in [6, 6.07) is 37.4. The van der Waals surface area contributed by atoms with Crippen molar-refractivity contribution in [1.29, 1.82) is 0 Å². The van der Waals surface area contributed by atoms with Gasteiger partial charge in [-0.15, -0.1) is 22.7 Å². The van der Waals surface area contributed by atoms with Crippen molar-refractivity contribution in [3.8, 4) is 11.1 Å². The molecule has 0 saturated heterocycles. The smallest absolute Gasteiger partial charge is 0.0711 e. The second-order valence-corrected chi connectivity index (χ2v) is 11.9. The van der Waals surface area contributed by atoms with Crippen LogP contribution in [0.25, 0.3) is 31.3 Å². The predicted molar refractivity (Wildman–Crippen MR) is 150 cm³/mol. The van der Waals surface area contributed by atoms with E-state index in [1.807, 2.05) is 11.3 Å². The van der Waals surface area contributed by atoms with Crippen molar-refractivity contribution in [1.82, 2.24) is 0 Å². The fourth-order valence-corrected chi connectivity index (χ4v) is 6.85. The minimum atomic E-state index is 1.15. The van der Waals surface area contributed by atoms with E-state index in [1.165, 1.54) is 41.9 Å². The molecule has 0 radical (unpaired) electrons. The quantitative estimate of drug-likeness (QED) is 0.221. The summed E-state index contributed by atoms with van der Waals surface area (Å²) in [5, 5.41) is 2.57. The molecule has 0 aliphatic carbocycles. The van der Waals surface area contributed by atoms with Crippen LogP contribution in [-0.2, 0) is 0 Å². The highest BCUT2D eigenvalue weighted by Crippen LogP contribution is 2.41. The summed E-state index contributed by atoms with van der Waals surface area (Å²) >= 11 is 7.26. The summed E-state index contributed by atoms with van der Waals surface area (Å²) in [6.45, 7) is 2.17. The number of rotatable bonds is 4. The Hall–Kier alpha value is -2.92. The van der Waals surface area contributed by atoms with Crippen LogP contribution in [0.15, 0.2) is 107 Å². The maximum atomic E-state index is 3.64. The van der Waals surface area contributed by atoms with Crippen LogP contribution in [0.4, 0.5) is 17.1 Å². The van der Waals surface area contributed by atoms with Crippen molar-refractivity contribution in [3.05, 3.63) is 112 Å². The number of fused-ring (bicyclic) bond motifs is 2. The molecule has 0 amide bonds. The summed E-state index contributed by atoms with van der Waals surface area (Å²) in [6.07, 6.45) is 0. The van der Waals surface area contributed by atoms with Crippen molar-refractivity contribution in [3.63, 3.8) is 0 Å². The van der Waals surface area contributed by atoms with Gasteiger partial charge in [0.25, 0.3) is 0 Å².